The largest absolute Gasteiger partial charge is 0.446 e. The smallest absolute Gasteiger partial charge is 0.416 e. The molecule has 0 aromatic carbocycles. The Morgan fingerprint density at radius 1 is 1.18 bits per heavy atom. The average molecular weight is 576 g/mol. The summed E-state index contributed by atoms with van der Waals surface area (Å²) in [5, 5.41) is 0.511. The van der Waals surface area contributed by atoms with Crippen LogP contribution in [0.5, 0.6) is 0 Å². The van der Waals surface area contributed by atoms with Gasteiger partial charge in [-0.2, -0.15) is 13.2 Å². The standard InChI is InChI=1S/C26H24F3N5O5S/c1-16-13-18(26(27,28)29)14-21(30-16)34-19(15-39-24(34)36)23(35)32(3)20-8-7-17-9-12-33(22(17)31-20)40(37,38)25(2)10-5-4-6-11-25/h4-10,12-14,19H,11,15H2,1-3H3/t19-,25?/m0/s1. The van der Waals surface area contributed by atoms with E-state index in [0.29, 0.717) is 11.5 Å². The van der Waals surface area contributed by atoms with Gasteiger partial charge in [-0.15, -0.1) is 0 Å². The first-order chi connectivity index (χ1) is 18.7. The van der Waals surface area contributed by atoms with E-state index in [-0.39, 0.29) is 29.4 Å². The highest BCUT2D eigenvalue weighted by Gasteiger charge is 2.43. The second-order valence-electron chi connectivity index (χ2n) is 9.72. The lowest BCUT2D eigenvalue weighted by Gasteiger charge is -2.27. The Balaban J connectivity index is 1.49. The van der Waals surface area contributed by atoms with Crippen LogP contribution in [0.1, 0.15) is 24.6 Å². The first-order valence-corrected chi connectivity index (χ1v) is 13.5. The highest BCUT2D eigenvalue weighted by atomic mass is 32.2. The number of likely N-dealkylation sites (N-methyl/N-ethyl adjacent to an activating group) is 1. The summed E-state index contributed by atoms with van der Waals surface area (Å²) in [6, 6.07) is 4.85. The Morgan fingerprint density at radius 3 is 2.60 bits per heavy atom. The molecule has 4 heterocycles. The van der Waals surface area contributed by atoms with Crippen LogP contribution in [0.4, 0.5) is 29.6 Å². The number of aryl methyl sites for hydroxylation is 1. The fraction of sp³-hybridized carbons (Fsp3) is 0.308. The highest BCUT2D eigenvalue weighted by Crippen LogP contribution is 2.34. The van der Waals surface area contributed by atoms with Gasteiger partial charge in [-0.05, 0) is 50.6 Å². The topological polar surface area (TPSA) is 115 Å². The summed E-state index contributed by atoms with van der Waals surface area (Å²) in [4.78, 5) is 36.4. The number of alkyl halides is 3. The van der Waals surface area contributed by atoms with E-state index >= 15 is 0 Å². The Hall–Kier alpha value is -4.20. The van der Waals surface area contributed by atoms with Gasteiger partial charge in [0.25, 0.3) is 5.91 Å². The average Bonchev–Trinajstić information content (AvgIpc) is 3.50. The Kier molecular flexibility index (Phi) is 6.48. The number of allylic oxidation sites excluding steroid dienone is 3. The molecule has 0 spiro atoms. The van der Waals surface area contributed by atoms with Crippen molar-refractivity contribution < 1.29 is 35.9 Å². The summed E-state index contributed by atoms with van der Waals surface area (Å²) in [7, 11) is -2.59. The summed E-state index contributed by atoms with van der Waals surface area (Å²) in [5.74, 6) is -1.04. The molecule has 1 aliphatic carbocycles. The predicted octanol–water partition coefficient (Wildman–Crippen LogP) is 4.20. The molecule has 0 N–H and O–H groups in total. The molecule has 1 aliphatic heterocycles. The van der Waals surface area contributed by atoms with Gasteiger partial charge < -0.3 is 4.74 Å². The number of aromatic nitrogens is 3. The molecule has 5 rings (SSSR count). The van der Waals surface area contributed by atoms with E-state index < -0.39 is 51.2 Å². The van der Waals surface area contributed by atoms with E-state index in [4.69, 9.17) is 4.74 Å². The molecule has 0 bridgehead atoms. The van der Waals surface area contributed by atoms with Crippen molar-refractivity contribution in [3.05, 3.63) is 72.1 Å². The van der Waals surface area contributed by atoms with Crippen molar-refractivity contribution in [3.63, 3.8) is 0 Å². The van der Waals surface area contributed by atoms with Crippen LogP contribution in [-0.4, -0.2) is 58.8 Å². The van der Waals surface area contributed by atoms with E-state index in [9.17, 15) is 31.2 Å². The van der Waals surface area contributed by atoms with Gasteiger partial charge in [0.05, 0.1) is 5.56 Å². The summed E-state index contributed by atoms with van der Waals surface area (Å²) in [6.45, 7) is 2.51. The van der Waals surface area contributed by atoms with Crippen LogP contribution in [0.3, 0.4) is 0 Å². The van der Waals surface area contributed by atoms with Crippen LogP contribution in [0.25, 0.3) is 11.0 Å². The van der Waals surface area contributed by atoms with Crippen molar-refractivity contribution in [2.75, 3.05) is 23.5 Å². The van der Waals surface area contributed by atoms with E-state index in [1.54, 1.807) is 43.4 Å². The molecule has 3 aromatic rings. The SMILES string of the molecule is Cc1cc(C(F)(F)F)cc(N2C(=O)OC[C@H]2C(=O)N(C)c2ccc3ccn(S(=O)(=O)C4(C)C=CC=CC4)c3n2)n1. The van der Waals surface area contributed by atoms with Gasteiger partial charge in [0.15, 0.2) is 11.7 Å². The monoisotopic (exact) mass is 575 g/mol. The molecule has 0 radical (unpaired) electrons. The summed E-state index contributed by atoms with van der Waals surface area (Å²) in [6.07, 6.45) is 2.71. The van der Waals surface area contributed by atoms with E-state index in [1.165, 1.54) is 26.2 Å². The fourth-order valence-corrected chi connectivity index (χ4v) is 6.21. The van der Waals surface area contributed by atoms with Gasteiger partial charge in [-0.1, -0.05) is 24.3 Å². The lowest BCUT2D eigenvalue weighted by molar-refractivity contribution is -0.137. The number of nitrogens with zero attached hydrogens (tertiary/aromatic N) is 5. The number of hydrogen-bond donors (Lipinski definition) is 0. The maximum atomic E-state index is 13.6. The molecule has 210 valence electrons. The van der Waals surface area contributed by atoms with Gasteiger partial charge in [-0.25, -0.2) is 32.1 Å². The molecule has 10 nitrogen and oxygen atoms in total. The number of carbonyl (C=O) groups is 2. The van der Waals surface area contributed by atoms with Crippen LogP contribution in [0, 0.1) is 6.92 Å². The minimum absolute atomic E-state index is 0.00448. The van der Waals surface area contributed by atoms with Gasteiger partial charge in [-0.3, -0.25) is 9.69 Å². The summed E-state index contributed by atoms with van der Waals surface area (Å²) >= 11 is 0. The number of cyclic esters (lactones) is 1. The lowest BCUT2D eigenvalue weighted by Crippen LogP contribution is -2.47. The minimum Gasteiger partial charge on any atom is -0.446 e. The number of pyridine rings is 2. The molecular weight excluding hydrogens is 551 g/mol. The molecule has 1 saturated heterocycles. The zero-order chi connectivity index (χ0) is 29.0. The van der Waals surface area contributed by atoms with Crippen molar-refractivity contribution in [1.29, 1.82) is 0 Å². The Labute approximate surface area is 227 Å². The second kappa shape index (κ2) is 9.47. The van der Waals surface area contributed by atoms with E-state index in [2.05, 4.69) is 9.97 Å². The van der Waals surface area contributed by atoms with Crippen molar-refractivity contribution in [2.24, 2.45) is 0 Å². The zero-order valence-electron chi connectivity index (χ0n) is 21.6. The van der Waals surface area contributed by atoms with Gasteiger partial charge in [0.1, 0.15) is 23.0 Å². The Bertz CT molecular complexity index is 1700. The number of ether oxygens (including phenoxy) is 1. The van der Waals surface area contributed by atoms with Crippen LogP contribution in [0.2, 0.25) is 0 Å². The molecule has 40 heavy (non-hydrogen) atoms. The quantitative estimate of drug-likeness (QED) is 0.448. The van der Waals surface area contributed by atoms with Gasteiger partial charge in [0, 0.05) is 24.3 Å². The maximum Gasteiger partial charge on any atom is 0.416 e. The zero-order valence-corrected chi connectivity index (χ0v) is 22.4. The predicted molar refractivity (Wildman–Crippen MR) is 140 cm³/mol. The third-order valence-corrected chi connectivity index (χ3v) is 9.20. The van der Waals surface area contributed by atoms with Gasteiger partial charge >= 0.3 is 12.3 Å². The van der Waals surface area contributed by atoms with Crippen LogP contribution in [-0.2, 0) is 25.7 Å². The minimum atomic E-state index is -4.70. The number of hydrogen-bond acceptors (Lipinski definition) is 7. The van der Waals surface area contributed by atoms with Crippen molar-refractivity contribution >= 4 is 44.7 Å². The van der Waals surface area contributed by atoms with E-state index in [0.717, 1.165) is 19.8 Å². The Morgan fingerprint density at radius 2 is 1.93 bits per heavy atom. The molecule has 1 fully saturated rings. The molecule has 2 amide bonds. The number of halogens is 3. The highest BCUT2D eigenvalue weighted by molar-refractivity contribution is 7.91. The van der Waals surface area contributed by atoms with E-state index in [1.807, 2.05) is 0 Å². The van der Waals surface area contributed by atoms with Crippen molar-refractivity contribution in [1.82, 2.24) is 13.9 Å². The normalized spacial score (nSPS) is 21.2. The molecule has 14 heteroatoms. The molecule has 2 atom stereocenters. The third-order valence-electron chi connectivity index (χ3n) is 6.90. The number of rotatable bonds is 5. The molecule has 2 aliphatic rings. The summed E-state index contributed by atoms with van der Waals surface area (Å²) < 4.78 is 72.2. The molecule has 3 aromatic heterocycles. The second-order valence-corrected chi connectivity index (χ2v) is 12.0. The first kappa shape index (κ1) is 27.4. The summed E-state index contributed by atoms with van der Waals surface area (Å²) in [5.41, 5.74) is -0.942. The van der Waals surface area contributed by atoms with Crippen LogP contribution in [0.15, 0.2) is 60.8 Å². The third kappa shape index (κ3) is 4.51. The first-order valence-electron chi connectivity index (χ1n) is 12.1. The number of amides is 2. The van der Waals surface area contributed by atoms with Crippen LogP contribution >= 0.6 is 0 Å². The molecular formula is C26H24F3N5O5S. The van der Waals surface area contributed by atoms with Gasteiger partial charge in [0.2, 0.25) is 10.0 Å². The molecule has 0 saturated carbocycles. The van der Waals surface area contributed by atoms with Crippen molar-refractivity contribution in [2.45, 2.75) is 37.2 Å². The number of fused-ring (bicyclic) bond motifs is 1. The number of carbonyl (C=O) groups excluding carboxylic acids is 2. The van der Waals surface area contributed by atoms with Crippen LogP contribution < -0.4 is 9.80 Å². The van der Waals surface area contributed by atoms with Crippen molar-refractivity contribution in [3.8, 4) is 0 Å². The molecule has 1 unspecified atom stereocenters. The maximum absolute atomic E-state index is 13.6. The lowest BCUT2D eigenvalue weighted by atomic mass is 10.0. The number of anilines is 2. The fourth-order valence-electron chi connectivity index (χ4n) is 4.61.